The molecule has 0 aliphatic heterocycles. The minimum atomic E-state index is 0. The predicted molar refractivity (Wildman–Crippen MR) is 49.1 cm³/mol. The van der Waals surface area contributed by atoms with E-state index in [4.69, 9.17) is 0 Å². The standard InChI is InChI=1S/2ClH.12H2O.Sn/h2*1H;12*1H2;/q;;;;;;;;;;;;;;+2/p-2. The largest absolute Gasteiger partial charge is 2.00 e. The van der Waals surface area contributed by atoms with Crippen LogP contribution in [0.15, 0.2) is 0 Å². The summed E-state index contributed by atoms with van der Waals surface area (Å²) < 4.78 is 0. The van der Waals surface area contributed by atoms with Gasteiger partial charge in [0.05, 0.1) is 0 Å². The van der Waals surface area contributed by atoms with E-state index in [9.17, 15) is 0 Å². The van der Waals surface area contributed by atoms with Gasteiger partial charge in [0.1, 0.15) is 0 Å². The van der Waals surface area contributed by atoms with Crippen molar-refractivity contribution in [3.8, 4) is 0 Å². The molecule has 0 aliphatic carbocycles. The van der Waals surface area contributed by atoms with Crippen molar-refractivity contribution in [2.45, 2.75) is 0 Å². The Morgan fingerprint density at radius 1 is 0.200 bits per heavy atom. The fourth-order valence-electron chi connectivity index (χ4n) is 0. The molecule has 0 aromatic rings. The van der Waals surface area contributed by atoms with Gasteiger partial charge in [-0.15, -0.1) is 0 Å². The van der Waals surface area contributed by atoms with Gasteiger partial charge >= 0.3 is 23.9 Å². The van der Waals surface area contributed by atoms with E-state index in [1.54, 1.807) is 0 Å². The fraction of sp³-hybridized carbons (Fsp3) is 0. The predicted octanol–water partition coefficient (Wildman–Crippen LogP) is -16.3. The summed E-state index contributed by atoms with van der Waals surface area (Å²) in [5, 5.41) is 0. The summed E-state index contributed by atoms with van der Waals surface area (Å²) in [5.74, 6) is 0. The zero-order valence-corrected chi connectivity index (χ0v) is 11.6. The zero-order chi connectivity index (χ0) is 0. The van der Waals surface area contributed by atoms with Crippen LogP contribution in [0.3, 0.4) is 0 Å². The van der Waals surface area contributed by atoms with Gasteiger partial charge in [-0.2, -0.15) is 0 Å². The SMILES string of the molecule is O.O.O.O.O.O.O.O.O.O.O.O.[Cl-].[Cl-].[Sn+2]. The van der Waals surface area contributed by atoms with Crippen LogP contribution in [-0.2, 0) is 0 Å². The fourth-order valence-corrected chi connectivity index (χ4v) is 0. The number of hydrogen-bond acceptors (Lipinski definition) is 0. The van der Waals surface area contributed by atoms with Crippen molar-refractivity contribution in [3.63, 3.8) is 0 Å². The van der Waals surface area contributed by atoms with Crippen molar-refractivity contribution < 1.29 is 90.5 Å². The maximum Gasteiger partial charge on any atom is 2.00 e. The van der Waals surface area contributed by atoms with Crippen molar-refractivity contribution in [2.75, 3.05) is 0 Å². The third kappa shape index (κ3) is 3070. The normalized spacial score (nSPS) is 0. The number of hydrogen-bond donors (Lipinski definition) is 0. The van der Waals surface area contributed by atoms with E-state index in [0.29, 0.717) is 0 Å². The van der Waals surface area contributed by atoms with Gasteiger partial charge in [-0.1, -0.05) is 0 Å². The van der Waals surface area contributed by atoms with Crippen LogP contribution in [0.5, 0.6) is 0 Å². The van der Waals surface area contributed by atoms with Crippen LogP contribution in [0.2, 0.25) is 0 Å². The van der Waals surface area contributed by atoms with Gasteiger partial charge in [-0.3, -0.25) is 0 Å². The molecule has 15 heavy (non-hydrogen) atoms. The molecule has 0 aliphatic rings. The van der Waals surface area contributed by atoms with Gasteiger partial charge in [-0.05, 0) is 0 Å². The molecule has 0 aromatic carbocycles. The first kappa shape index (κ1) is 4370. The molecular formula is H24Cl2O12Sn. The van der Waals surface area contributed by atoms with E-state index < -0.39 is 0 Å². The van der Waals surface area contributed by atoms with Crippen molar-refractivity contribution in [3.05, 3.63) is 0 Å². The second-order valence-electron chi connectivity index (χ2n) is 0. The van der Waals surface area contributed by atoms with Gasteiger partial charge in [0.25, 0.3) is 0 Å². The topological polar surface area (TPSA) is 378 Å². The van der Waals surface area contributed by atoms with Gasteiger partial charge in [-0.25, -0.2) is 0 Å². The van der Waals surface area contributed by atoms with Crippen LogP contribution < -0.4 is 24.8 Å². The molecule has 0 spiro atoms. The second-order valence-corrected chi connectivity index (χ2v) is 0. The molecule has 24 N–H and O–H groups in total. The van der Waals surface area contributed by atoms with Crippen LogP contribution in [0.4, 0.5) is 0 Å². The van der Waals surface area contributed by atoms with Crippen molar-refractivity contribution in [2.24, 2.45) is 0 Å². The zero-order valence-electron chi connectivity index (χ0n) is 7.26. The average molecular weight is 406 g/mol. The average Bonchev–Trinajstić information content (AvgIpc) is 0. The molecule has 114 valence electrons. The van der Waals surface area contributed by atoms with E-state index in [-0.39, 0.29) is 114 Å². The first-order valence-corrected chi connectivity index (χ1v) is 0. The first-order chi connectivity index (χ1) is 0. The molecule has 0 fully saturated rings. The van der Waals surface area contributed by atoms with E-state index in [0.717, 1.165) is 0 Å². The van der Waals surface area contributed by atoms with Crippen molar-refractivity contribution >= 4 is 23.9 Å². The van der Waals surface area contributed by atoms with E-state index >= 15 is 0 Å². The monoisotopic (exact) mass is 406 g/mol. The van der Waals surface area contributed by atoms with Gasteiger partial charge in [0.2, 0.25) is 0 Å². The molecule has 15 heteroatoms. The molecule has 0 rings (SSSR count). The van der Waals surface area contributed by atoms with Crippen molar-refractivity contribution in [1.29, 1.82) is 0 Å². The number of halogens is 2. The van der Waals surface area contributed by atoms with E-state index in [1.807, 2.05) is 0 Å². The van der Waals surface area contributed by atoms with Crippen molar-refractivity contribution in [1.82, 2.24) is 0 Å². The maximum absolute atomic E-state index is 0. The van der Waals surface area contributed by atoms with Crippen LogP contribution >= 0.6 is 0 Å². The molecule has 0 saturated heterocycles. The van der Waals surface area contributed by atoms with Crippen LogP contribution in [0, 0.1) is 0 Å². The Morgan fingerprint density at radius 3 is 0.200 bits per heavy atom. The third-order valence-corrected chi connectivity index (χ3v) is 0. The minimum absolute atomic E-state index is 0. The number of rotatable bonds is 0. The summed E-state index contributed by atoms with van der Waals surface area (Å²) in [7, 11) is 0. The van der Waals surface area contributed by atoms with Gasteiger partial charge < -0.3 is 90.5 Å². The Bertz CT molecular complexity index is 13.6. The van der Waals surface area contributed by atoms with Gasteiger partial charge in [0.15, 0.2) is 0 Å². The van der Waals surface area contributed by atoms with Crippen LogP contribution in [0.1, 0.15) is 0 Å². The summed E-state index contributed by atoms with van der Waals surface area (Å²) in [6, 6.07) is 0. The molecule has 0 aromatic heterocycles. The Kier molecular flexibility index (Phi) is 1040000. The summed E-state index contributed by atoms with van der Waals surface area (Å²) in [6.07, 6.45) is 0. The summed E-state index contributed by atoms with van der Waals surface area (Å²) in [5.41, 5.74) is 0. The Labute approximate surface area is 115 Å². The maximum atomic E-state index is 0. The van der Waals surface area contributed by atoms with E-state index in [2.05, 4.69) is 0 Å². The van der Waals surface area contributed by atoms with Gasteiger partial charge in [0, 0.05) is 0 Å². The molecule has 2 radical (unpaired) electrons. The molecule has 12 nitrogen and oxygen atoms in total. The molecule has 0 bridgehead atoms. The first-order valence-electron chi connectivity index (χ1n) is 0. The molecular weight excluding hydrogens is 382 g/mol. The molecule has 0 atom stereocenters. The summed E-state index contributed by atoms with van der Waals surface area (Å²) >= 11 is 0. The minimum Gasteiger partial charge on any atom is -1.00 e. The van der Waals surface area contributed by atoms with Crippen LogP contribution in [0.25, 0.3) is 0 Å². The molecule has 0 amide bonds. The Morgan fingerprint density at radius 2 is 0.200 bits per heavy atom. The summed E-state index contributed by atoms with van der Waals surface area (Å²) in [4.78, 5) is 0. The van der Waals surface area contributed by atoms with E-state index in [1.165, 1.54) is 0 Å². The summed E-state index contributed by atoms with van der Waals surface area (Å²) in [6.45, 7) is 0. The Balaban J connectivity index is 0. The molecule has 0 unspecified atom stereocenters. The third-order valence-electron chi connectivity index (χ3n) is 0. The quantitative estimate of drug-likeness (QED) is 0.338. The smallest absolute Gasteiger partial charge is 1.00 e. The molecule has 0 heterocycles. The second kappa shape index (κ2) is 3560. The molecule has 0 saturated carbocycles. The Hall–Kier alpha value is 0.899. The van der Waals surface area contributed by atoms with Crippen LogP contribution in [-0.4, -0.2) is 89.6 Å².